The quantitative estimate of drug-likeness (QED) is 0.677. The molecule has 1 aromatic heterocycles. The summed E-state index contributed by atoms with van der Waals surface area (Å²) in [6.45, 7) is 1.70. The van der Waals surface area contributed by atoms with Crippen molar-refractivity contribution in [3.8, 4) is 11.5 Å². The largest absolute Gasteiger partial charge is 0.366 e. The first-order chi connectivity index (χ1) is 11.6. The van der Waals surface area contributed by atoms with Gasteiger partial charge in [-0.15, -0.1) is 0 Å². The van der Waals surface area contributed by atoms with E-state index >= 15 is 0 Å². The number of hydrogen-bond donors (Lipinski definition) is 1. The average Bonchev–Trinajstić information content (AvgIpc) is 3.23. The highest BCUT2D eigenvalue weighted by Crippen LogP contribution is 2.39. The topological polar surface area (TPSA) is 111 Å². The number of benzene rings is 1. The molecular formula is C16H19N5O3. The first kappa shape index (κ1) is 15.1. The van der Waals surface area contributed by atoms with Crippen LogP contribution in [-0.4, -0.2) is 28.2 Å². The fourth-order valence-corrected chi connectivity index (χ4v) is 3.35. The molecular weight excluding hydrogens is 310 g/mol. The van der Waals surface area contributed by atoms with Gasteiger partial charge in [-0.25, -0.2) is 0 Å². The zero-order valence-corrected chi connectivity index (χ0v) is 13.3. The van der Waals surface area contributed by atoms with Crippen molar-refractivity contribution < 1.29 is 9.45 Å². The van der Waals surface area contributed by atoms with Crippen LogP contribution in [0.5, 0.6) is 0 Å². The van der Waals surface area contributed by atoms with E-state index in [9.17, 15) is 10.1 Å². The number of aromatic nitrogens is 2. The third-order valence-electron chi connectivity index (χ3n) is 4.98. The van der Waals surface area contributed by atoms with E-state index in [0.717, 1.165) is 45.2 Å². The zero-order valence-electron chi connectivity index (χ0n) is 13.3. The van der Waals surface area contributed by atoms with Crippen LogP contribution in [0.15, 0.2) is 22.7 Å². The maximum absolute atomic E-state index is 11.5. The summed E-state index contributed by atoms with van der Waals surface area (Å²) in [6.07, 6.45) is 4.84. The smallest absolute Gasteiger partial charge is 0.293 e. The molecule has 8 nitrogen and oxygen atoms in total. The van der Waals surface area contributed by atoms with Gasteiger partial charge in [0.2, 0.25) is 0 Å². The summed E-state index contributed by atoms with van der Waals surface area (Å²) < 4.78 is 5.30. The number of nitrogens with two attached hydrogens (primary N) is 1. The minimum atomic E-state index is -0.511. The third-order valence-corrected chi connectivity index (χ3v) is 4.98. The number of anilines is 1. The van der Waals surface area contributed by atoms with Crippen molar-refractivity contribution in [2.75, 3.05) is 18.0 Å². The summed E-state index contributed by atoms with van der Waals surface area (Å²) in [5.74, 6) is 0.757. The highest BCUT2D eigenvalue weighted by molar-refractivity contribution is 5.71. The van der Waals surface area contributed by atoms with Crippen molar-refractivity contribution in [2.45, 2.75) is 37.6 Å². The Bertz CT molecular complexity index is 778. The lowest BCUT2D eigenvalue weighted by molar-refractivity contribution is -0.384. The predicted octanol–water partition coefficient (Wildman–Crippen LogP) is 2.58. The molecule has 8 heteroatoms. The second-order valence-corrected chi connectivity index (χ2v) is 6.59. The highest BCUT2D eigenvalue weighted by atomic mass is 16.6. The molecule has 0 amide bonds. The molecule has 0 radical (unpaired) electrons. The minimum absolute atomic E-state index is 0.0697. The molecule has 2 heterocycles. The Morgan fingerprint density at radius 1 is 1.25 bits per heavy atom. The van der Waals surface area contributed by atoms with Gasteiger partial charge < -0.3 is 15.2 Å². The fraction of sp³-hybridized carbons (Fsp3) is 0.500. The van der Waals surface area contributed by atoms with E-state index in [1.165, 1.54) is 6.07 Å². The van der Waals surface area contributed by atoms with Crippen molar-refractivity contribution in [1.29, 1.82) is 0 Å². The van der Waals surface area contributed by atoms with Gasteiger partial charge >= 0.3 is 0 Å². The van der Waals surface area contributed by atoms with Crippen LogP contribution in [0, 0.1) is 10.1 Å². The Labute approximate surface area is 138 Å². The van der Waals surface area contributed by atoms with Gasteiger partial charge in [0.05, 0.1) is 10.5 Å². The maximum Gasteiger partial charge on any atom is 0.293 e. The Kier molecular flexibility index (Phi) is 3.49. The molecule has 2 aromatic rings. The molecule has 126 valence electrons. The molecule has 1 aliphatic heterocycles. The Hall–Kier alpha value is -2.48. The lowest BCUT2D eigenvalue weighted by Crippen LogP contribution is -2.44. The third kappa shape index (κ3) is 2.43. The Morgan fingerprint density at radius 2 is 2.00 bits per heavy atom. The molecule has 1 aromatic carbocycles. The molecule has 1 saturated carbocycles. The van der Waals surface area contributed by atoms with Crippen LogP contribution in [0.1, 0.15) is 37.9 Å². The molecule has 0 spiro atoms. The zero-order chi connectivity index (χ0) is 16.7. The van der Waals surface area contributed by atoms with E-state index in [2.05, 4.69) is 10.1 Å². The summed E-state index contributed by atoms with van der Waals surface area (Å²) in [6, 6.07) is 5.07. The molecule has 0 atom stereocenters. The van der Waals surface area contributed by atoms with E-state index in [0.29, 0.717) is 17.1 Å². The monoisotopic (exact) mass is 329 g/mol. The van der Waals surface area contributed by atoms with E-state index in [1.807, 2.05) is 4.90 Å². The van der Waals surface area contributed by atoms with Crippen LogP contribution in [0.3, 0.4) is 0 Å². The SMILES string of the molecule is NC1(c2noc(-c3ccc(N4CCCC4)c([N+](=O)[O-])c3)n2)CCC1. The summed E-state index contributed by atoms with van der Waals surface area (Å²) in [7, 11) is 0. The second-order valence-electron chi connectivity index (χ2n) is 6.59. The van der Waals surface area contributed by atoms with Crippen LogP contribution >= 0.6 is 0 Å². The van der Waals surface area contributed by atoms with Gasteiger partial charge in [0.1, 0.15) is 5.69 Å². The Morgan fingerprint density at radius 3 is 2.62 bits per heavy atom. The predicted molar refractivity (Wildman–Crippen MR) is 87.6 cm³/mol. The summed E-state index contributed by atoms with van der Waals surface area (Å²) in [5.41, 5.74) is 6.96. The van der Waals surface area contributed by atoms with Gasteiger partial charge in [-0.1, -0.05) is 5.16 Å². The summed E-state index contributed by atoms with van der Waals surface area (Å²) >= 11 is 0. The first-order valence-corrected chi connectivity index (χ1v) is 8.24. The van der Waals surface area contributed by atoms with E-state index in [-0.39, 0.29) is 16.5 Å². The molecule has 4 rings (SSSR count). The van der Waals surface area contributed by atoms with Crippen molar-refractivity contribution in [2.24, 2.45) is 5.73 Å². The maximum atomic E-state index is 11.5. The number of hydrogen-bond acceptors (Lipinski definition) is 7. The number of nitro benzene ring substituents is 1. The number of nitrogens with zero attached hydrogens (tertiary/aromatic N) is 4. The molecule has 0 unspecified atom stereocenters. The van der Waals surface area contributed by atoms with Crippen LogP contribution < -0.4 is 10.6 Å². The van der Waals surface area contributed by atoms with Crippen molar-refractivity contribution in [3.63, 3.8) is 0 Å². The molecule has 24 heavy (non-hydrogen) atoms. The molecule has 1 saturated heterocycles. The van der Waals surface area contributed by atoms with Gasteiger partial charge in [0, 0.05) is 24.7 Å². The first-order valence-electron chi connectivity index (χ1n) is 8.24. The molecule has 2 aliphatic rings. The van der Waals surface area contributed by atoms with Crippen LogP contribution in [0.2, 0.25) is 0 Å². The van der Waals surface area contributed by atoms with Gasteiger partial charge in [0.15, 0.2) is 5.82 Å². The van der Waals surface area contributed by atoms with Crippen LogP contribution in [-0.2, 0) is 5.54 Å². The molecule has 1 aliphatic carbocycles. The lowest BCUT2D eigenvalue weighted by Gasteiger charge is -2.34. The normalized spacial score (nSPS) is 19.3. The van der Waals surface area contributed by atoms with E-state index < -0.39 is 5.54 Å². The standard InChI is InChI=1S/C16H19N5O3/c17-16(6-3-7-16)15-18-14(24-19-15)11-4-5-12(13(10-11)21(22)23)20-8-1-2-9-20/h4-5,10H,1-3,6-9,17H2. The molecule has 2 fully saturated rings. The highest BCUT2D eigenvalue weighted by Gasteiger charge is 2.39. The van der Waals surface area contributed by atoms with Gasteiger partial charge in [0.25, 0.3) is 11.6 Å². The van der Waals surface area contributed by atoms with Gasteiger partial charge in [-0.05, 0) is 44.2 Å². The number of rotatable bonds is 4. The van der Waals surface area contributed by atoms with Gasteiger partial charge in [-0.3, -0.25) is 10.1 Å². The van der Waals surface area contributed by atoms with Crippen LogP contribution in [0.25, 0.3) is 11.5 Å². The van der Waals surface area contributed by atoms with E-state index in [4.69, 9.17) is 10.3 Å². The number of nitro groups is 1. The van der Waals surface area contributed by atoms with Crippen molar-refractivity contribution >= 4 is 11.4 Å². The second kappa shape index (κ2) is 5.55. The average molecular weight is 329 g/mol. The van der Waals surface area contributed by atoms with Crippen LogP contribution in [0.4, 0.5) is 11.4 Å². The molecule has 0 bridgehead atoms. The van der Waals surface area contributed by atoms with Gasteiger partial charge in [-0.2, -0.15) is 4.98 Å². The van der Waals surface area contributed by atoms with Crippen molar-refractivity contribution in [3.05, 3.63) is 34.1 Å². The van der Waals surface area contributed by atoms with E-state index in [1.54, 1.807) is 12.1 Å². The minimum Gasteiger partial charge on any atom is -0.366 e. The summed E-state index contributed by atoms with van der Waals surface area (Å²) in [4.78, 5) is 17.5. The lowest BCUT2D eigenvalue weighted by atomic mass is 9.77. The molecule has 2 N–H and O–H groups in total. The van der Waals surface area contributed by atoms with Crippen molar-refractivity contribution in [1.82, 2.24) is 10.1 Å². The summed E-state index contributed by atoms with van der Waals surface area (Å²) in [5, 5.41) is 15.4. The fourth-order valence-electron chi connectivity index (χ4n) is 3.35. The Balaban J connectivity index is 1.68.